The second-order valence-electron chi connectivity index (χ2n) is 5.60. The van der Waals surface area contributed by atoms with Crippen LogP contribution in [0.15, 0.2) is 66.9 Å². The molecular formula is C19H17F3N4. The second kappa shape index (κ2) is 7.86. The number of aromatic nitrogens is 2. The van der Waals surface area contributed by atoms with Gasteiger partial charge in [0.2, 0.25) is 5.95 Å². The molecule has 2 aromatic carbocycles. The van der Waals surface area contributed by atoms with Crippen molar-refractivity contribution < 1.29 is 13.2 Å². The zero-order chi connectivity index (χ0) is 18.4. The Hall–Kier alpha value is -3.09. The van der Waals surface area contributed by atoms with Crippen LogP contribution in [0.2, 0.25) is 0 Å². The zero-order valence-corrected chi connectivity index (χ0v) is 13.8. The first-order chi connectivity index (χ1) is 12.5. The van der Waals surface area contributed by atoms with Gasteiger partial charge in [0.15, 0.2) is 0 Å². The Labute approximate surface area is 149 Å². The molecule has 0 spiro atoms. The quantitative estimate of drug-likeness (QED) is 0.658. The fourth-order valence-electron chi connectivity index (χ4n) is 2.45. The predicted molar refractivity (Wildman–Crippen MR) is 95.4 cm³/mol. The molecule has 1 heterocycles. The van der Waals surface area contributed by atoms with E-state index in [1.165, 1.54) is 36.0 Å². The van der Waals surface area contributed by atoms with Crippen LogP contribution >= 0.6 is 0 Å². The molecule has 3 rings (SSSR count). The third kappa shape index (κ3) is 4.72. The zero-order valence-electron chi connectivity index (χ0n) is 13.8. The Balaban J connectivity index is 1.67. The molecule has 0 aliphatic heterocycles. The number of rotatable bonds is 6. The van der Waals surface area contributed by atoms with Gasteiger partial charge in [0.05, 0.1) is 11.3 Å². The molecule has 0 aliphatic rings. The van der Waals surface area contributed by atoms with Gasteiger partial charge in [-0.2, -0.15) is 18.2 Å². The van der Waals surface area contributed by atoms with Gasteiger partial charge in [0.25, 0.3) is 0 Å². The summed E-state index contributed by atoms with van der Waals surface area (Å²) in [6.07, 6.45) is -2.15. The summed E-state index contributed by atoms with van der Waals surface area (Å²) in [6.45, 7) is 0.618. The lowest BCUT2D eigenvalue weighted by Gasteiger charge is -2.14. The largest absolute Gasteiger partial charge is 0.418 e. The first-order valence-electron chi connectivity index (χ1n) is 8.06. The van der Waals surface area contributed by atoms with E-state index in [-0.39, 0.29) is 5.69 Å². The molecule has 4 nitrogen and oxygen atoms in total. The number of anilines is 3. The van der Waals surface area contributed by atoms with Gasteiger partial charge in [-0.1, -0.05) is 42.5 Å². The summed E-state index contributed by atoms with van der Waals surface area (Å²) < 4.78 is 39.2. The normalized spacial score (nSPS) is 11.2. The van der Waals surface area contributed by atoms with Gasteiger partial charge >= 0.3 is 6.18 Å². The van der Waals surface area contributed by atoms with Crippen LogP contribution in [0.25, 0.3) is 0 Å². The van der Waals surface area contributed by atoms with E-state index in [9.17, 15) is 13.2 Å². The number of benzene rings is 2. The Morgan fingerprint density at radius 2 is 1.62 bits per heavy atom. The van der Waals surface area contributed by atoms with Gasteiger partial charge in [0.1, 0.15) is 5.82 Å². The van der Waals surface area contributed by atoms with Crippen LogP contribution in [0.4, 0.5) is 30.6 Å². The number of halogens is 3. The van der Waals surface area contributed by atoms with E-state index in [4.69, 9.17) is 0 Å². The second-order valence-corrected chi connectivity index (χ2v) is 5.60. The number of hydrogen-bond donors (Lipinski definition) is 2. The smallest absolute Gasteiger partial charge is 0.354 e. The number of hydrogen-bond acceptors (Lipinski definition) is 4. The van der Waals surface area contributed by atoms with Crippen molar-refractivity contribution in [3.8, 4) is 0 Å². The SMILES string of the molecule is FC(F)(F)c1ccccc1Nc1ccnc(NCCc2ccccc2)n1. The fraction of sp³-hybridized carbons (Fsp3) is 0.158. The van der Waals surface area contributed by atoms with E-state index < -0.39 is 11.7 Å². The van der Waals surface area contributed by atoms with E-state index in [0.717, 1.165) is 12.5 Å². The van der Waals surface area contributed by atoms with Crippen molar-refractivity contribution in [1.29, 1.82) is 0 Å². The lowest BCUT2D eigenvalue weighted by Crippen LogP contribution is -2.10. The number of alkyl halides is 3. The average Bonchev–Trinajstić information content (AvgIpc) is 2.63. The van der Waals surface area contributed by atoms with Gasteiger partial charge in [0, 0.05) is 12.7 Å². The molecule has 26 heavy (non-hydrogen) atoms. The van der Waals surface area contributed by atoms with Crippen LogP contribution in [-0.4, -0.2) is 16.5 Å². The molecule has 134 valence electrons. The average molecular weight is 358 g/mol. The van der Waals surface area contributed by atoms with E-state index in [1.54, 1.807) is 0 Å². The van der Waals surface area contributed by atoms with Crippen molar-refractivity contribution in [1.82, 2.24) is 9.97 Å². The molecule has 2 N–H and O–H groups in total. The van der Waals surface area contributed by atoms with Crippen LogP contribution in [-0.2, 0) is 12.6 Å². The standard InChI is InChI=1S/C19H17F3N4/c20-19(21,22)15-8-4-5-9-16(15)25-17-11-13-24-18(26-17)23-12-10-14-6-2-1-3-7-14/h1-9,11,13H,10,12H2,(H2,23,24,25,26). The van der Waals surface area contributed by atoms with Gasteiger partial charge in [-0.05, 0) is 30.2 Å². The van der Waals surface area contributed by atoms with Crippen LogP contribution in [0.1, 0.15) is 11.1 Å². The molecule has 1 aromatic heterocycles. The maximum atomic E-state index is 13.1. The van der Waals surface area contributed by atoms with E-state index in [2.05, 4.69) is 20.6 Å². The summed E-state index contributed by atoms with van der Waals surface area (Å²) in [4.78, 5) is 8.32. The van der Waals surface area contributed by atoms with E-state index in [0.29, 0.717) is 18.3 Å². The van der Waals surface area contributed by atoms with Gasteiger partial charge in [-0.3, -0.25) is 0 Å². The molecule has 0 radical (unpaired) electrons. The molecule has 0 amide bonds. The van der Waals surface area contributed by atoms with Gasteiger partial charge in [-0.15, -0.1) is 0 Å². The molecule has 0 fully saturated rings. The Bertz CT molecular complexity index is 851. The molecule has 0 saturated heterocycles. The van der Waals surface area contributed by atoms with Crippen molar-refractivity contribution in [3.05, 3.63) is 78.0 Å². The Morgan fingerprint density at radius 3 is 2.38 bits per heavy atom. The van der Waals surface area contributed by atoms with Gasteiger partial charge < -0.3 is 10.6 Å². The predicted octanol–water partition coefficient (Wildman–Crippen LogP) is 4.89. The van der Waals surface area contributed by atoms with Crippen LogP contribution < -0.4 is 10.6 Å². The van der Waals surface area contributed by atoms with E-state index >= 15 is 0 Å². The monoisotopic (exact) mass is 358 g/mol. The number of para-hydroxylation sites is 1. The molecule has 3 aromatic rings. The summed E-state index contributed by atoms with van der Waals surface area (Å²) in [5.74, 6) is 0.648. The lowest BCUT2D eigenvalue weighted by atomic mass is 10.1. The molecular weight excluding hydrogens is 341 g/mol. The fourth-order valence-corrected chi connectivity index (χ4v) is 2.45. The highest BCUT2D eigenvalue weighted by atomic mass is 19.4. The highest BCUT2D eigenvalue weighted by molar-refractivity contribution is 5.61. The van der Waals surface area contributed by atoms with Crippen molar-refractivity contribution in [2.45, 2.75) is 12.6 Å². The lowest BCUT2D eigenvalue weighted by molar-refractivity contribution is -0.136. The first-order valence-corrected chi connectivity index (χ1v) is 8.06. The third-order valence-corrected chi connectivity index (χ3v) is 3.69. The summed E-state index contributed by atoms with van der Waals surface area (Å²) in [5, 5.41) is 5.80. The first kappa shape index (κ1) is 17.7. The topological polar surface area (TPSA) is 49.8 Å². The van der Waals surface area contributed by atoms with Crippen LogP contribution in [0, 0.1) is 0 Å². The van der Waals surface area contributed by atoms with Crippen LogP contribution in [0.3, 0.4) is 0 Å². The molecule has 7 heteroatoms. The highest BCUT2D eigenvalue weighted by Gasteiger charge is 2.33. The molecule has 0 aliphatic carbocycles. The maximum absolute atomic E-state index is 13.1. The number of nitrogens with one attached hydrogen (secondary N) is 2. The minimum absolute atomic E-state index is 0.0473. The van der Waals surface area contributed by atoms with Crippen molar-refractivity contribution in [2.24, 2.45) is 0 Å². The van der Waals surface area contributed by atoms with Crippen molar-refractivity contribution in [3.63, 3.8) is 0 Å². The minimum atomic E-state index is -4.44. The van der Waals surface area contributed by atoms with Crippen molar-refractivity contribution >= 4 is 17.5 Å². The highest BCUT2D eigenvalue weighted by Crippen LogP contribution is 2.35. The molecule has 0 saturated carbocycles. The third-order valence-electron chi connectivity index (χ3n) is 3.69. The summed E-state index contributed by atoms with van der Waals surface area (Å²) in [6, 6.07) is 16.7. The Morgan fingerprint density at radius 1 is 0.885 bits per heavy atom. The summed E-state index contributed by atoms with van der Waals surface area (Å²) in [7, 11) is 0. The minimum Gasteiger partial charge on any atom is -0.354 e. The summed E-state index contributed by atoms with van der Waals surface area (Å²) >= 11 is 0. The van der Waals surface area contributed by atoms with Crippen molar-refractivity contribution in [2.75, 3.05) is 17.2 Å². The maximum Gasteiger partial charge on any atom is 0.418 e. The molecule has 0 bridgehead atoms. The van der Waals surface area contributed by atoms with E-state index in [1.807, 2.05) is 30.3 Å². The molecule has 0 atom stereocenters. The molecule has 0 unspecified atom stereocenters. The number of nitrogens with zero attached hydrogens (tertiary/aromatic N) is 2. The summed E-state index contributed by atoms with van der Waals surface area (Å²) in [5.41, 5.74) is 0.388. The Kier molecular flexibility index (Phi) is 5.36. The van der Waals surface area contributed by atoms with Gasteiger partial charge in [-0.25, -0.2) is 4.98 Å². The van der Waals surface area contributed by atoms with Crippen LogP contribution in [0.5, 0.6) is 0 Å².